The van der Waals surface area contributed by atoms with Crippen LogP contribution >= 0.6 is 0 Å². The van der Waals surface area contributed by atoms with Crippen LogP contribution in [0.3, 0.4) is 0 Å². The van der Waals surface area contributed by atoms with E-state index in [1.165, 1.54) is 25.2 Å². The van der Waals surface area contributed by atoms with Crippen molar-refractivity contribution in [2.24, 2.45) is 0 Å². The van der Waals surface area contributed by atoms with Crippen LogP contribution < -0.4 is 10.6 Å². The van der Waals surface area contributed by atoms with Crippen molar-refractivity contribution in [3.8, 4) is 0 Å². The SMILES string of the molecule is CNc1ncc(C(=O)NCC[C@H]2CCCN2C)cn1. The van der Waals surface area contributed by atoms with Crippen molar-refractivity contribution in [2.75, 3.05) is 32.5 Å². The Kier molecular flexibility index (Phi) is 4.68. The van der Waals surface area contributed by atoms with E-state index in [4.69, 9.17) is 0 Å². The van der Waals surface area contributed by atoms with E-state index in [1.807, 2.05) is 0 Å². The second kappa shape index (κ2) is 6.47. The van der Waals surface area contributed by atoms with Crippen LogP contribution in [0.25, 0.3) is 0 Å². The predicted molar refractivity (Wildman–Crippen MR) is 74.2 cm³/mol. The fraction of sp³-hybridized carbons (Fsp3) is 0.615. The molecular formula is C13H21N5O. The van der Waals surface area contributed by atoms with Crippen LogP contribution in [0.1, 0.15) is 29.6 Å². The molecule has 104 valence electrons. The maximum atomic E-state index is 11.9. The molecule has 0 radical (unpaired) electrons. The van der Waals surface area contributed by atoms with E-state index < -0.39 is 0 Å². The normalized spacial score (nSPS) is 19.4. The third kappa shape index (κ3) is 3.64. The minimum atomic E-state index is -0.108. The predicted octanol–water partition coefficient (Wildman–Crippen LogP) is 0.732. The van der Waals surface area contributed by atoms with Crippen LogP contribution in [0.5, 0.6) is 0 Å². The lowest BCUT2D eigenvalue weighted by atomic mass is 10.1. The summed E-state index contributed by atoms with van der Waals surface area (Å²) in [5.74, 6) is 0.410. The molecule has 0 bridgehead atoms. The lowest BCUT2D eigenvalue weighted by Crippen LogP contribution is -2.31. The van der Waals surface area contributed by atoms with Crippen molar-refractivity contribution in [1.29, 1.82) is 0 Å². The van der Waals surface area contributed by atoms with E-state index in [9.17, 15) is 4.79 Å². The molecule has 6 nitrogen and oxygen atoms in total. The zero-order valence-corrected chi connectivity index (χ0v) is 11.5. The van der Waals surface area contributed by atoms with Gasteiger partial charge >= 0.3 is 0 Å². The van der Waals surface area contributed by atoms with Gasteiger partial charge in [-0.2, -0.15) is 0 Å². The standard InChI is InChI=1S/C13H21N5O/c1-14-13-16-8-10(9-17-13)12(19)15-6-5-11-4-3-7-18(11)2/h8-9,11H,3-7H2,1-2H3,(H,15,19)(H,14,16,17)/t11-/m1/s1. The fourth-order valence-corrected chi connectivity index (χ4v) is 2.37. The molecule has 6 heteroatoms. The molecule has 2 heterocycles. The summed E-state index contributed by atoms with van der Waals surface area (Å²) in [7, 11) is 3.89. The summed E-state index contributed by atoms with van der Waals surface area (Å²) in [6.45, 7) is 1.86. The van der Waals surface area contributed by atoms with Gasteiger partial charge in [0.1, 0.15) is 0 Å². The first-order chi connectivity index (χ1) is 9.20. The first kappa shape index (κ1) is 13.7. The summed E-state index contributed by atoms with van der Waals surface area (Å²) < 4.78 is 0. The topological polar surface area (TPSA) is 70.2 Å². The van der Waals surface area contributed by atoms with Crippen molar-refractivity contribution in [2.45, 2.75) is 25.3 Å². The highest BCUT2D eigenvalue weighted by molar-refractivity contribution is 5.93. The van der Waals surface area contributed by atoms with Crippen molar-refractivity contribution >= 4 is 11.9 Å². The monoisotopic (exact) mass is 263 g/mol. The van der Waals surface area contributed by atoms with Crippen molar-refractivity contribution in [3.63, 3.8) is 0 Å². The van der Waals surface area contributed by atoms with E-state index in [2.05, 4.69) is 32.5 Å². The highest BCUT2D eigenvalue weighted by Gasteiger charge is 2.20. The Bertz CT molecular complexity index is 420. The van der Waals surface area contributed by atoms with Crippen LogP contribution in [0.4, 0.5) is 5.95 Å². The number of nitrogens with zero attached hydrogens (tertiary/aromatic N) is 3. The Balaban J connectivity index is 1.77. The van der Waals surface area contributed by atoms with Gasteiger partial charge in [0.15, 0.2) is 0 Å². The highest BCUT2D eigenvalue weighted by Crippen LogP contribution is 2.16. The Labute approximate surface area is 113 Å². The first-order valence-corrected chi connectivity index (χ1v) is 6.69. The van der Waals surface area contributed by atoms with Gasteiger partial charge in [-0.05, 0) is 32.9 Å². The number of carbonyl (C=O) groups excluding carboxylic acids is 1. The second-order valence-electron chi connectivity index (χ2n) is 4.87. The Hall–Kier alpha value is -1.69. The number of likely N-dealkylation sites (tertiary alicyclic amines) is 1. The molecule has 1 saturated heterocycles. The molecule has 0 aliphatic carbocycles. The van der Waals surface area contributed by atoms with Gasteiger partial charge in [-0.15, -0.1) is 0 Å². The smallest absolute Gasteiger partial charge is 0.254 e. The molecule has 1 aromatic heterocycles. The second-order valence-corrected chi connectivity index (χ2v) is 4.87. The lowest BCUT2D eigenvalue weighted by molar-refractivity contribution is 0.0949. The largest absolute Gasteiger partial charge is 0.357 e. The third-order valence-electron chi connectivity index (χ3n) is 3.57. The van der Waals surface area contributed by atoms with Gasteiger partial charge in [0.25, 0.3) is 5.91 Å². The summed E-state index contributed by atoms with van der Waals surface area (Å²) in [5, 5.41) is 5.74. The van der Waals surface area contributed by atoms with E-state index >= 15 is 0 Å². The van der Waals surface area contributed by atoms with Gasteiger partial charge in [-0.1, -0.05) is 0 Å². The van der Waals surface area contributed by atoms with E-state index in [0.29, 0.717) is 24.1 Å². The zero-order valence-electron chi connectivity index (χ0n) is 11.5. The molecule has 0 spiro atoms. The molecule has 1 aromatic rings. The van der Waals surface area contributed by atoms with Gasteiger partial charge in [-0.25, -0.2) is 9.97 Å². The van der Waals surface area contributed by atoms with Crippen LogP contribution in [-0.4, -0.2) is 54.0 Å². The molecule has 2 rings (SSSR count). The van der Waals surface area contributed by atoms with Gasteiger partial charge in [0, 0.05) is 32.0 Å². The zero-order chi connectivity index (χ0) is 13.7. The quantitative estimate of drug-likeness (QED) is 0.819. The average Bonchev–Trinajstić information content (AvgIpc) is 2.84. The van der Waals surface area contributed by atoms with Crippen LogP contribution in [0.2, 0.25) is 0 Å². The van der Waals surface area contributed by atoms with Gasteiger partial charge in [-0.3, -0.25) is 4.79 Å². The molecule has 2 N–H and O–H groups in total. The van der Waals surface area contributed by atoms with Crippen LogP contribution in [-0.2, 0) is 0 Å². The van der Waals surface area contributed by atoms with Crippen molar-refractivity contribution in [3.05, 3.63) is 18.0 Å². The minimum absolute atomic E-state index is 0.108. The first-order valence-electron chi connectivity index (χ1n) is 6.69. The number of anilines is 1. The number of aromatic nitrogens is 2. The summed E-state index contributed by atoms with van der Waals surface area (Å²) >= 11 is 0. The Morgan fingerprint density at radius 2 is 2.21 bits per heavy atom. The summed E-state index contributed by atoms with van der Waals surface area (Å²) in [6, 6.07) is 0.600. The van der Waals surface area contributed by atoms with E-state index in [0.717, 1.165) is 13.0 Å². The van der Waals surface area contributed by atoms with Crippen LogP contribution in [0.15, 0.2) is 12.4 Å². The van der Waals surface area contributed by atoms with E-state index in [-0.39, 0.29) is 5.91 Å². The third-order valence-corrected chi connectivity index (χ3v) is 3.57. The lowest BCUT2D eigenvalue weighted by Gasteiger charge is -2.19. The number of hydrogen-bond donors (Lipinski definition) is 2. The number of hydrogen-bond acceptors (Lipinski definition) is 5. The summed E-state index contributed by atoms with van der Waals surface area (Å²) in [4.78, 5) is 22.3. The van der Waals surface area contributed by atoms with Crippen LogP contribution in [0, 0.1) is 0 Å². The van der Waals surface area contributed by atoms with Gasteiger partial charge in [0.05, 0.1) is 5.56 Å². The molecule has 0 unspecified atom stereocenters. The highest BCUT2D eigenvalue weighted by atomic mass is 16.1. The molecular weight excluding hydrogens is 242 g/mol. The fourth-order valence-electron chi connectivity index (χ4n) is 2.37. The minimum Gasteiger partial charge on any atom is -0.357 e. The Morgan fingerprint density at radius 3 is 2.79 bits per heavy atom. The summed E-state index contributed by atoms with van der Waals surface area (Å²) in [6.07, 6.45) is 6.56. The molecule has 1 fully saturated rings. The molecule has 0 aromatic carbocycles. The number of carbonyl (C=O) groups is 1. The molecule has 19 heavy (non-hydrogen) atoms. The molecule has 0 saturated carbocycles. The molecule has 1 aliphatic rings. The number of rotatable bonds is 5. The number of nitrogens with one attached hydrogen (secondary N) is 2. The van der Waals surface area contributed by atoms with E-state index in [1.54, 1.807) is 7.05 Å². The van der Waals surface area contributed by atoms with Crippen molar-refractivity contribution < 1.29 is 4.79 Å². The molecule has 1 aliphatic heterocycles. The number of amides is 1. The molecule has 1 atom stereocenters. The van der Waals surface area contributed by atoms with Gasteiger partial charge in [0.2, 0.25) is 5.95 Å². The Morgan fingerprint density at radius 1 is 1.47 bits per heavy atom. The summed E-state index contributed by atoms with van der Waals surface area (Å²) in [5.41, 5.74) is 0.499. The average molecular weight is 263 g/mol. The maximum absolute atomic E-state index is 11.9. The van der Waals surface area contributed by atoms with Gasteiger partial charge < -0.3 is 15.5 Å². The van der Waals surface area contributed by atoms with Crippen molar-refractivity contribution in [1.82, 2.24) is 20.2 Å². The molecule has 1 amide bonds. The maximum Gasteiger partial charge on any atom is 0.254 e.